The first-order chi connectivity index (χ1) is 13.9. The molecular formula is C23H20N2OS. The molecule has 0 N–H and O–H groups in total. The number of hydrogen-bond acceptors (Lipinski definition) is 4. The van der Waals surface area contributed by atoms with Crippen molar-refractivity contribution in [3.8, 4) is 11.3 Å². The van der Waals surface area contributed by atoms with Crippen LogP contribution in [-0.2, 0) is 6.37 Å². The molecule has 0 amide bonds. The summed E-state index contributed by atoms with van der Waals surface area (Å²) in [6, 6.07) is 14.1. The molecule has 0 saturated carbocycles. The minimum Gasteiger partial charge on any atom is -0.437 e. The van der Waals surface area contributed by atoms with Crippen LogP contribution >= 0.6 is 11.3 Å². The molecule has 0 aliphatic rings. The predicted molar refractivity (Wildman–Crippen MR) is 114 cm³/mol. The van der Waals surface area contributed by atoms with Crippen molar-refractivity contribution >= 4 is 43.6 Å². The Labute approximate surface area is 164 Å². The van der Waals surface area contributed by atoms with Crippen LogP contribution in [0.5, 0.6) is 0 Å². The van der Waals surface area contributed by atoms with E-state index in [-0.39, 0.29) is 0 Å². The largest absolute Gasteiger partial charge is 0.437 e. The molecule has 3 nitrogen and oxygen atoms in total. The molecule has 0 radical (unpaired) electrons. The van der Waals surface area contributed by atoms with Crippen LogP contribution in [0.2, 0.25) is 0 Å². The molecule has 27 heavy (non-hydrogen) atoms. The van der Waals surface area contributed by atoms with Crippen molar-refractivity contribution in [3.63, 3.8) is 0 Å². The third-order valence-corrected chi connectivity index (χ3v) is 6.08. The van der Waals surface area contributed by atoms with Crippen LogP contribution in [0.3, 0.4) is 0 Å². The zero-order valence-electron chi connectivity index (χ0n) is 17.5. The van der Waals surface area contributed by atoms with E-state index in [1.165, 1.54) is 11.3 Å². The molecule has 4 heteroatoms. The quantitative estimate of drug-likeness (QED) is 0.347. The van der Waals surface area contributed by atoms with Gasteiger partial charge in [0.25, 0.3) is 0 Å². The van der Waals surface area contributed by atoms with E-state index in [1.54, 1.807) is 0 Å². The summed E-state index contributed by atoms with van der Waals surface area (Å²) < 4.78 is 22.8. The molecule has 0 saturated heterocycles. The van der Waals surface area contributed by atoms with Gasteiger partial charge in [0.1, 0.15) is 10.4 Å². The van der Waals surface area contributed by atoms with E-state index in [0.717, 1.165) is 54.0 Å². The SMILES string of the molecule is [2H]C([2H])(CC)c1sc2nc(-c3cccc4c3oc3nc(C)ccc34)ccc2c1C. The van der Waals surface area contributed by atoms with Gasteiger partial charge in [0.05, 0.1) is 5.69 Å². The average molecular weight is 375 g/mol. The van der Waals surface area contributed by atoms with Crippen molar-refractivity contribution in [2.24, 2.45) is 0 Å². The number of aromatic nitrogens is 2. The highest BCUT2D eigenvalue weighted by Gasteiger charge is 2.15. The maximum Gasteiger partial charge on any atom is 0.227 e. The van der Waals surface area contributed by atoms with Crippen molar-refractivity contribution < 1.29 is 7.16 Å². The van der Waals surface area contributed by atoms with E-state index < -0.39 is 6.37 Å². The summed E-state index contributed by atoms with van der Waals surface area (Å²) in [4.78, 5) is 11.0. The summed E-state index contributed by atoms with van der Waals surface area (Å²) >= 11 is 1.45. The lowest BCUT2D eigenvalue weighted by Gasteiger charge is -2.02. The first-order valence-corrected chi connectivity index (χ1v) is 9.90. The third-order valence-electron chi connectivity index (χ3n) is 4.92. The Hall–Kier alpha value is -2.72. The van der Waals surface area contributed by atoms with Crippen molar-refractivity contribution in [1.29, 1.82) is 0 Å². The molecule has 0 aliphatic carbocycles. The summed E-state index contributed by atoms with van der Waals surface area (Å²) in [6.07, 6.45) is -0.893. The first-order valence-electron chi connectivity index (χ1n) is 10.1. The molecule has 0 aliphatic heterocycles. The Morgan fingerprint density at radius 1 is 1.00 bits per heavy atom. The van der Waals surface area contributed by atoms with Gasteiger partial charge < -0.3 is 4.42 Å². The molecule has 0 bridgehead atoms. The standard InChI is InChI=1S/C23H20N2OS/c1-4-6-20-14(3)15-11-12-19(25-23(15)27-20)18-8-5-7-16-17-10-9-13(2)24-22(17)26-21(16)18/h5,7-12H,4,6H2,1-3H3/i6D2. The van der Waals surface area contributed by atoms with Crippen LogP contribution in [0.1, 0.15) is 32.2 Å². The molecule has 4 aromatic heterocycles. The maximum absolute atomic E-state index is 8.32. The number of benzene rings is 1. The second-order valence-corrected chi connectivity index (χ2v) is 7.72. The van der Waals surface area contributed by atoms with Crippen molar-refractivity contribution in [3.05, 3.63) is 58.6 Å². The predicted octanol–water partition coefficient (Wildman–Crippen LogP) is 6.83. The van der Waals surface area contributed by atoms with E-state index in [4.69, 9.17) is 12.1 Å². The summed E-state index contributed by atoms with van der Waals surface area (Å²) in [5, 5.41) is 3.04. The minimum atomic E-state index is -1.34. The van der Waals surface area contributed by atoms with Gasteiger partial charge in [-0.1, -0.05) is 25.5 Å². The fraction of sp³-hybridized carbons (Fsp3) is 0.217. The number of pyridine rings is 2. The van der Waals surface area contributed by atoms with Crippen molar-refractivity contribution in [2.45, 2.75) is 33.6 Å². The Kier molecular flexibility index (Phi) is 3.28. The molecule has 5 rings (SSSR count). The monoisotopic (exact) mass is 374 g/mol. The van der Waals surface area contributed by atoms with Crippen LogP contribution in [-0.4, -0.2) is 9.97 Å². The van der Waals surface area contributed by atoms with Gasteiger partial charge in [-0.25, -0.2) is 9.97 Å². The van der Waals surface area contributed by atoms with Crippen LogP contribution in [0.15, 0.2) is 46.9 Å². The summed E-state index contributed by atoms with van der Waals surface area (Å²) in [5.41, 5.74) is 5.07. The fourth-order valence-corrected chi connectivity index (χ4v) is 4.70. The van der Waals surface area contributed by atoms with Crippen molar-refractivity contribution in [2.75, 3.05) is 0 Å². The number of thiophene rings is 1. The number of fused-ring (bicyclic) bond motifs is 4. The van der Waals surface area contributed by atoms with Crippen LogP contribution in [0, 0.1) is 13.8 Å². The van der Waals surface area contributed by atoms with E-state index in [2.05, 4.69) is 4.98 Å². The zero-order chi connectivity index (χ0) is 20.3. The Bertz CT molecular complexity index is 1400. The first kappa shape index (κ1) is 14.4. The fourth-order valence-electron chi connectivity index (χ4n) is 3.55. The number of furan rings is 1. The van der Waals surface area contributed by atoms with Crippen molar-refractivity contribution in [1.82, 2.24) is 9.97 Å². The molecule has 134 valence electrons. The van der Waals surface area contributed by atoms with Gasteiger partial charge in [-0.3, -0.25) is 0 Å². The second kappa shape index (κ2) is 6.17. The Morgan fingerprint density at radius 3 is 2.70 bits per heavy atom. The van der Waals surface area contributed by atoms with Gasteiger partial charge in [-0.05, 0) is 56.1 Å². The van der Waals surface area contributed by atoms with Gasteiger partial charge >= 0.3 is 0 Å². The highest BCUT2D eigenvalue weighted by atomic mass is 32.1. The van der Waals surface area contributed by atoms with Gasteiger partial charge in [-0.2, -0.15) is 0 Å². The zero-order valence-corrected chi connectivity index (χ0v) is 16.3. The van der Waals surface area contributed by atoms with E-state index in [1.807, 2.05) is 63.2 Å². The summed E-state index contributed by atoms with van der Waals surface area (Å²) in [6.45, 7) is 5.81. The second-order valence-electron chi connectivity index (χ2n) is 6.73. The number of hydrogen-bond donors (Lipinski definition) is 0. The lowest BCUT2D eigenvalue weighted by Crippen LogP contribution is -1.84. The van der Waals surface area contributed by atoms with Crippen LogP contribution in [0.25, 0.3) is 43.5 Å². The molecule has 1 aromatic carbocycles. The number of para-hydroxylation sites is 1. The minimum absolute atomic E-state index is 0.443. The molecule has 4 heterocycles. The highest BCUT2D eigenvalue weighted by molar-refractivity contribution is 7.18. The topological polar surface area (TPSA) is 38.9 Å². The normalized spacial score (nSPS) is 13.4. The molecule has 0 fully saturated rings. The molecule has 0 spiro atoms. The van der Waals surface area contributed by atoms with E-state index in [0.29, 0.717) is 12.1 Å². The lowest BCUT2D eigenvalue weighted by atomic mass is 10.1. The summed E-state index contributed by atoms with van der Waals surface area (Å²) in [7, 11) is 0. The van der Waals surface area contributed by atoms with Gasteiger partial charge in [0.15, 0.2) is 0 Å². The smallest absolute Gasteiger partial charge is 0.227 e. The molecule has 5 aromatic rings. The molecular weight excluding hydrogens is 352 g/mol. The van der Waals surface area contributed by atoms with Crippen LogP contribution < -0.4 is 0 Å². The number of nitrogens with zero attached hydrogens (tertiary/aromatic N) is 2. The highest BCUT2D eigenvalue weighted by Crippen LogP contribution is 2.37. The summed E-state index contributed by atoms with van der Waals surface area (Å²) in [5.74, 6) is 0. The van der Waals surface area contributed by atoms with E-state index in [9.17, 15) is 0 Å². The van der Waals surface area contributed by atoms with Gasteiger partial charge in [0, 0.05) is 35.0 Å². The van der Waals surface area contributed by atoms with Crippen LogP contribution in [0.4, 0.5) is 0 Å². The van der Waals surface area contributed by atoms with Gasteiger partial charge in [-0.15, -0.1) is 11.3 Å². The maximum atomic E-state index is 8.32. The Balaban J connectivity index is 1.73. The molecule has 0 unspecified atom stereocenters. The molecule has 0 atom stereocenters. The number of rotatable bonds is 3. The van der Waals surface area contributed by atoms with E-state index >= 15 is 0 Å². The lowest BCUT2D eigenvalue weighted by molar-refractivity contribution is 0.653. The third kappa shape index (κ3) is 2.55. The number of aryl methyl sites for hydroxylation is 3. The van der Waals surface area contributed by atoms with Gasteiger partial charge in [0.2, 0.25) is 5.71 Å². The Morgan fingerprint density at radius 2 is 1.85 bits per heavy atom. The average Bonchev–Trinajstić information content (AvgIpc) is 3.25.